The molecule has 0 saturated heterocycles. The van der Waals surface area contributed by atoms with Gasteiger partial charge in [0.2, 0.25) is 0 Å². The number of nitrogens with one attached hydrogen (secondary N) is 1. The molecule has 1 aromatic heterocycles. The van der Waals surface area contributed by atoms with Crippen molar-refractivity contribution in [2.45, 2.75) is 13.0 Å². The van der Waals surface area contributed by atoms with Crippen LogP contribution in [0.1, 0.15) is 22.3 Å². The van der Waals surface area contributed by atoms with Crippen LogP contribution in [0.25, 0.3) is 10.9 Å². The number of halogens is 2. The molecule has 2 aromatic carbocycles. The van der Waals surface area contributed by atoms with Gasteiger partial charge in [-0.2, -0.15) is 0 Å². The van der Waals surface area contributed by atoms with Crippen molar-refractivity contribution in [1.82, 2.24) is 4.57 Å². The predicted octanol–water partition coefficient (Wildman–Crippen LogP) is 3.87. The lowest BCUT2D eigenvalue weighted by Gasteiger charge is -2.19. The number of non-ortho nitro benzene ring substituents is 1. The van der Waals surface area contributed by atoms with Gasteiger partial charge in [-0.15, -0.1) is 0 Å². The van der Waals surface area contributed by atoms with Gasteiger partial charge < -0.3 is 9.88 Å². The second-order valence-electron chi connectivity index (χ2n) is 6.07. The summed E-state index contributed by atoms with van der Waals surface area (Å²) < 4.78 is 29.6. The predicted molar refractivity (Wildman–Crippen MR) is 91.5 cm³/mol. The molecule has 0 bridgehead atoms. The highest BCUT2D eigenvalue weighted by Crippen LogP contribution is 2.37. The minimum Gasteiger partial charge on any atom is -0.371 e. The van der Waals surface area contributed by atoms with Crippen LogP contribution in [0.2, 0.25) is 0 Å². The Morgan fingerprint density at radius 1 is 1.19 bits per heavy atom. The standard InChI is InChI=1S/C18H13F2N3O3/c19-11-4-2-10(3-5-11)17(24)16-15-13(20)8-12(23(25)26)9-14(15)22-7-1-6-21-18(16)22/h2-5,8-9,21H,1,6-7H2. The van der Waals surface area contributed by atoms with Crippen LogP contribution in [-0.2, 0) is 6.54 Å². The van der Waals surface area contributed by atoms with Crippen molar-refractivity contribution >= 4 is 28.2 Å². The van der Waals surface area contributed by atoms with Gasteiger partial charge >= 0.3 is 0 Å². The minimum atomic E-state index is -0.830. The second-order valence-corrected chi connectivity index (χ2v) is 6.07. The molecule has 1 aliphatic rings. The smallest absolute Gasteiger partial charge is 0.274 e. The number of rotatable bonds is 3. The third kappa shape index (κ3) is 2.42. The fourth-order valence-electron chi connectivity index (χ4n) is 3.34. The monoisotopic (exact) mass is 357 g/mol. The van der Waals surface area contributed by atoms with Gasteiger partial charge in [0.15, 0.2) is 5.78 Å². The van der Waals surface area contributed by atoms with E-state index in [0.29, 0.717) is 24.4 Å². The van der Waals surface area contributed by atoms with Gasteiger partial charge in [0.1, 0.15) is 17.5 Å². The molecule has 0 fully saturated rings. The summed E-state index contributed by atoms with van der Waals surface area (Å²) in [4.78, 5) is 23.4. The summed E-state index contributed by atoms with van der Waals surface area (Å²) in [6, 6.07) is 7.07. The van der Waals surface area contributed by atoms with Crippen molar-refractivity contribution in [3.63, 3.8) is 0 Å². The van der Waals surface area contributed by atoms with Crippen LogP contribution in [0.5, 0.6) is 0 Å². The lowest BCUT2D eigenvalue weighted by atomic mass is 10.0. The number of carbonyl (C=O) groups excluding carboxylic acids is 1. The first-order valence-electron chi connectivity index (χ1n) is 8.01. The molecule has 0 spiro atoms. The summed E-state index contributed by atoms with van der Waals surface area (Å²) in [5, 5.41) is 14.2. The molecule has 132 valence electrons. The van der Waals surface area contributed by atoms with Gasteiger partial charge in [-0.25, -0.2) is 8.78 Å². The number of nitro benzene ring substituents is 1. The molecule has 0 saturated carbocycles. The van der Waals surface area contributed by atoms with Gasteiger partial charge in [0.05, 0.1) is 22.1 Å². The number of nitrogens with zero attached hydrogens (tertiary/aromatic N) is 2. The topological polar surface area (TPSA) is 77.2 Å². The average Bonchev–Trinajstić information content (AvgIpc) is 2.97. The number of hydrogen-bond donors (Lipinski definition) is 1. The maximum atomic E-state index is 14.7. The van der Waals surface area contributed by atoms with Gasteiger partial charge in [0, 0.05) is 30.1 Å². The van der Waals surface area contributed by atoms with Gasteiger partial charge in [-0.1, -0.05) is 0 Å². The van der Waals surface area contributed by atoms with Crippen molar-refractivity contribution in [2.24, 2.45) is 0 Å². The zero-order chi connectivity index (χ0) is 18.4. The first kappa shape index (κ1) is 16.2. The summed E-state index contributed by atoms with van der Waals surface area (Å²) in [5.74, 6) is -1.35. The Morgan fingerprint density at radius 3 is 2.62 bits per heavy atom. The summed E-state index contributed by atoms with van der Waals surface area (Å²) >= 11 is 0. The lowest BCUT2D eigenvalue weighted by molar-refractivity contribution is -0.384. The third-order valence-corrected chi connectivity index (χ3v) is 4.50. The summed E-state index contributed by atoms with van der Waals surface area (Å²) in [6.45, 7) is 1.11. The first-order valence-corrected chi connectivity index (χ1v) is 8.01. The molecule has 1 aliphatic heterocycles. The van der Waals surface area contributed by atoms with E-state index in [2.05, 4.69) is 5.32 Å². The van der Waals surface area contributed by atoms with E-state index >= 15 is 0 Å². The van der Waals surface area contributed by atoms with Crippen molar-refractivity contribution in [3.8, 4) is 0 Å². The Balaban J connectivity index is 2.01. The summed E-state index contributed by atoms with van der Waals surface area (Å²) in [6.07, 6.45) is 0.741. The van der Waals surface area contributed by atoms with Crippen LogP contribution in [0.15, 0.2) is 36.4 Å². The van der Waals surface area contributed by atoms with Crippen molar-refractivity contribution in [3.05, 3.63) is 69.3 Å². The lowest BCUT2D eigenvalue weighted by Crippen LogP contribution is -2.18. The van der Waals surface area contributed by atoms with Crippen LogP contribution < -0.4 is 5.32 Å². The summed E-state index contributed by atoms with van der Waals surface area (Å²) in [7, 11) is 0. The molecule has 0 radical (unpaired) electrons. The molecule has 1 N–H and O–H groups in total. The van der Waals surface area contributed by atoms with Crippen molar-refractivity contribution < 1.29 is 18.5 Å². The Bertz CT molecular complexity index is 1060. The number of aryl methyl sites for hydroxylation is 1. The fourth-order valence-corrected chi connectivity index (χ4v) is 3.34. The number of fused-ring (bicyclic) bond motifs is 3. The van der Waals surface area contributed by atoms with Crippen LogP contribution in [0, 0.1) is 21.7 Å². The Labute approximate surface area is 146 Å². The van der Waals surface area contributed by atoms with Gasteiger partial charge in [0.25, 0.3) is 5.69 Å². The molecule has 0 amide bonds. The number of benzene rings is 2. The van der Waals surface area contributed by atoms with E-state index in [4.69, 9.17) is 0 Å². The average molecular weight is 357 g/mol. The number of ketones is 1. The molecule has 6 nitrogen and oxygen atoms in total. The fraction of sp³-hybridized carbons (Fsp3) is 0.167. The number of carbonyl (C=O) groups is 1. The highest BCUT2D eigenvalue weighted by atomic mass is 19.1. The Kier molecular flexibility index (Phi) is 3.68. The van der Waals surface area contributed by atoms with E-state index < -0.39 is 22.3 Å². The molecule has 0 atom stereocenters. The highest BCUT2D eigenvalue weighted by molar-refractivity contribution is 6.20. The van der Waals surface area contributed by atoms with Gasteiger partial charge in [-0.3, -0.25) is 14.9 Å². The number of hydrogen-bond acceptors (Lipinski definition) is 4. The highest BCUT2D eigenvalue weighted by Gasteiger charge is 2.29. The van der Waals surface area contributed by atoms with E-state index in [1.54, 1.807) is 4.57 Å². The zero-order valence-electron chi connectivity index (χ0n) is 13.5. The second kappa shape index (κ2) is 5.91. The minimum absolute atomic E-state index is 0.0364. The van der Waals surface area contributed by atoms with Crippen LogP contribution in [0.3, 0.4) is 0 Å². The number of nitro groups is 1. The molecular weight excluding hydrogens is 344 g/mol. The van der Waals surface area contributed by atoms with E-state index in [-0.39, 0.29) is 22.2 Å². The van der Waals surface area contributed by atoms with E-state index in [1.165, 1.54) is 18.2 Å². The Hall–Kier alpha value is -3.29. The molecule has 0 unspecified atom stereocenters. The third-order valence-electron chi connectivity index (χ3n) is 4.50. The zero-order valence-corrected chi connectivity index (χ0v) is 13.5. The largest absolute Gasteiger partial charge is 0.371 e. The van der Waals surface area contributed by atoms with E-state index in [9.17, 15) is 23.7 Å². The van der Waals surface area contributed by atoms with E-state index in [0.717, 1.165) is 24.6 Å². The molecule has 2 heterocycles. The van der Waals surface area contributed by atoms with Crippen LogP contribution >= 0.6 is 0 Å². The molecule has 3 aromatic rings. The normalized spacial score (nSPS) is 13.3. The van der Waals surface area contributed by atoms with Crippen molar-refractivity contribution in [1.29, 1.82) is 0 Å². The maximum Gasteiger partial charge on any atom is 0.274 e. The molecule has 8 heteroatoms. The van der Waals surface area contributed by atoms with E-state index in [1.807, 2.05) is 0 Å². The molecular formula is C18H13F2N3O3. The summed E-state index contributed by atoms with van der Waals surface area (Å²) in [5.41, 5.74) is 0.247. The van der Waals surface area contributed by atoms with Gasteiger partial charge in [-0.05, 0) is 30.7 Å². The Morgan fingerprint density at radius 2 is 1.92 bits per heavy atom. The molecule has 26 heavy (non-hydrogen) atoms. The first-order chi connectivity index (χ1) is 12.5. The van der Waals surface area contributed by atoms with Crippen LogP contribution in [-0.4, -0.2) is 21.8 Å². The quantitative estimate of drug-likeness (QED) is 0.438. The molecule has 4 rings (SSSR count). The number of aromatic nitrogens is 1. The van der Waals surface area contributed by atoms with Crippen LogP contribution in [0.4, 0.5) is 20.3 Å². The number of anilines is 1. The maximum absolute atomic E-state index is 14.7. The molecule has 0 aliphatic carbocycles. The van der Waals surface area contributed by atoms with Crippen molar-refractivity contribution in [2.75, 3.05) is 11.9 Å². The SMILES string of the molecule is O=C(c1ccc(F)cc1)c1c2n(c3cc([N+](=O)[O-])cc(F)c13)CCCN2.